The van der Waals surface area contributed by atoms with Gasteiger partial charge in [-0.3, -0.25) is 29.8 Å². The van der Waals surface area contributed by atoms with Crippen LogP contribution in [0.4, 0.5) is 5.69 Å². The Kier molecular flexibility index (Phi) is 4.15. The summed E-state index contributed by atoms with van der Waals surface area (Å²) >= 11 is 5.11. The van der Waals surface area contributed by atoms with Crippen LogP contribution in [0.2, 0.25) is 0 Å². The molecule has 0 fully saturated rings. The largest absolute Gasteiger partial charge is 0.330 e. The van der Waals surface area contributed by atoms with E-state index in [2.05, 4.69) is 15.5 Å². The predicted molar refractivity (Wildman–Crippen MR) is 91.4 cm³/mol. The Morgan fingerprint density at radius 1 is 1.44 bits per heavy atom. The lowest BCUT2D eigenvalue weighted by Crippen LogP contribution is -2.37. The van der Waals surface area contributed by atoms with E-state index >= 15 is 0 Å². The molecule has 2 N–H and O–H groups in total. The fraction of sp³-hybridized carbons (Fsp3) is 0.143. The molecule has 0 saturated heterocycles. The smallest absolute Gasteiger partial charge is 0.307 e. The minimum atomic E-state index is -0.888. The van der Waals surface area contributed by atoms with Gasteiger partial charge in [0.1, 0.15) is 18.4 Å². The number of aromatic amines is 1. The van der Waals surface area contributed by atoms with E-state index in [9.17, 15) is 19.7 Å². The molecular formula is C14H12N6O4S. The van der Waals surface area contributed by atoms with Gasteiger partial charge in [0.05, 0.1) is 15.8 Å². The highest BCUT2D eigenvalue weighted by molar-refractivity contribution is 7.71. The molecule has 0 radical (unpaired) electrons. The minimum Gasteiger partial charge on any atom is -0.330 e. The number of nitrogens with zero attached hydrogens (tertiary/aromatic N) is 4. The molecule has 0 aliphatic rings. The Bertz CT molecular complexity index is 1100. The molecule has 11 heteroatoms. The number of H-pyrrole nitrogens is 1. The van der Waals surface area contributed by atoms with Crippen LogP contribution >= 0.6 is 12.2 Å². The minimum absolute atomic E-state index is 0.0238. The number of fused-ring (bicyclic) bond motifs is 1. The van der Waals surface area contributed by atoms with Crippen LogP contribution < -0.4 is 11.0 Å². The summed E-state index contributed by atoms with van der Waals surface area (Å²) in [6.45, 7) is 1.49. The number of nitro groups is 1. The molecule has 128 valence electrons. The standard InChI is InChI=1S/C14H12N6O4S/c1-8(18-7-9(6-15-18)20(23)24)12(21)17-19-13(22)10-4-2-3-5-11(10)16-14(19)25/h2-8H,1H3,(H,16,25)(H,17,21)/t8-/m0/s1. The van der Waals surface area contributed by atoms with Gasteiger partial charge in [0.2, 0.25) is 0 Å². The Morgan fingerprint density at radius 3 is 2.84 bits per heavy atom. The second-order valence-corrected chi connectivity index (χ2v) is 5.59. The first-order valence-electron chi connectivity index (χ1n) is 7.12. The third-order valence-electron chi connectivity index (χ3n) is 3.60. The first kappa shape index (κ1) is 16.5. The average Bonchev–Trinajstić information content (AvgIpc) is 3.08. The Labute approximate surface area is 144 Å². The van der Waals surface area contributed by atoms with Crippen molar-refractivity contribution < 1.29 is 9.72 Å². The van der Waals surface area contributed by atoms with Crippen LogP contribution in [0.25, 0.3) is 10.9 Å². The van der Waals surface area contributed by atoms with E-state index in [1.165, 1.54) is 6.92 Å². The number of hydrogen-bond donors (Lipinski definition) is 2. The van der Waals surface area contributed by atoms with Gasteiger partial charge in [0.25, 0.3) is 11.5 Å². The lowest BCUT2D eigenvalue weighted by molar-refractivity contribution is -0.385. The van der Waals surface area contributed by atoms with Gasteiger partial charge < -0.3 is 4.98 Å². The molecule has 25 heavy (non-hydrogen) atoms. The highest BCUT2D eigenvalue weighted by Crippen LogP contribution is 2.13. The number of amides is 1. The Balaban J connectivity index is 1.92. The van der Waals surface area contributed by atoms with Crippen molar-refractivity contribution in [2.75, 3.05) is 5.43 Å². The molecule has 3 rings (SSSR count). The molecule has 1 atom stereocenters. The van der Waals surface area contributed by atoms with Gasteiger partial charge in [-0.1, -0.05) is 12.1 Å². The summed E-state index contributed by atoms with van der Waals surface area (Å²) in [7, 11) is 0. The molecule has 0 aliphatic heterocycles. The average molecular weight is 360 g/mol. The lowest BCUT2D eigenvalue weighted by Gasteiger charge is -2.14. The van der Waals surface area contributed by atoms with Gasteiger partial charge >= 0.3 is 5.69 Å². The molecule has 0 unspecified atom stereocenters. The molecule has 3 aromatic rings. The molecule has 0 bridgehead atoms. The van der Waals surface area contributed by atoms with Crippen LogP contribution in [0.3, 0.4) is 0 Å². The third kappa shape index (κ3) is 3.04. The second-order valence-electron chi connectivity index (χ2n) is 5.20. The van der Waals surface area contributed by atoms with E-state index in [0.29, 0.717) is 10.9 Å². The van der Waals surface area contributed by atoms with Crippen LogP contribution in [0.5, 0.6) is 0 Å². The fourth-order valence-corrected chi connectivity index (χ4v) is 2.46. The zero-order valence-corrected chi connectivity index (χ0v) is 13.7. The molecule has 0 saturated carbocycles. The number of aromatic nitrogens is 4. The molecule has 10 nitrogen and oxygen atoms in total. The van der Waals surface area contributed by atoms with Crippen LogP contribution in [0, 0.1) is 14.9 Å². The first-order valence-corrected chi connectivity index (χ1v) is 7.53. The summed E-state index contributed by atoms with van der Waals surface area (Å²) in [5, 5.41) is 14.8. The van der Waals surface area contributed by atoms with Gasteiger partial charge in [0.15, 0.2) is 4.77 Å². The summed E-state index contributed by atoms with van der Waals surface area (Å²) in [6.07, 6.45) is 2.17. The zero-order chi connectivity index (χ0) is 18.1. The monoisotopic (exact) mass is 360 g/mol. The van der Waals surface area contributed by atoms with Crippen molar-refractivity contribution in [3.05, 3.63) is 61.9 Å². The number of benzene rings is 1. The van der Waals surface area contributed by atoms with Crippen molar-refractivity contribution in [3.8, 4) is 0 Å². The second kappa shape index (κ2) is 6.28. The molecular weight excluding hydrogens is 348 g/mol. The van der Waals surface area contributed by atoms with Gasteiger partial charge in [0, 0.05) is 0 Å². The van der Waals surface area contributed by atoms with Crippen molar-refractivity contribution in [2.45, 2.75) is 13.0 Å². The Morgan fingerprint density at radius 2 is 2.16 bits per heavy atom. The number of carbonyl (C=O) groups is 1. The van der Waals surface area contributed by atoms with Gasteiger partial charge in [-0.2, -0.15) is 9.77 Å². The summed E-state index contributed by atoms with van der Waals surface area (Å²) in [5.74, 6) is -0.602. The summed E-state index contributed by atoms with van der Waals surface area (Å²) in [5.41, 5.74) is 2.24. The lowest BCUT2D eigenvalue weighted by atomic mass is 10.2. The molecule has 0 spiro atoms. The number of rotatable bonds is 4. The maximum absolute atomic E-state index is 12.5. The van der Waals surface area contributed by atoms with E-state index in [-0.39, 0.29) is 10.5 Å². The predicted octanol–water partition coefficient (Wildman–Crippen LogP) is 1.50. The van der Waals surface area contributed by atoms with Crippen molar-refractivity contribution in [1.29, 1.82) is 0 Å². The Hall–Kier alpha value is -3.34. The normalized spacial score (nSPS) is 12.0. The maximum atomic E-state index is 12.5. The van der Waals surface area contributed by atoms with Crippen LogP contribution in [0.15, 0.2) is 41.5 Å². The summed E-state index contributed by atoms with van der Waals surface area (Å²) in [6, 6.07) is 5.86. The summed E-state index contributed by atoms with van der Waals surface area (Å²) < 4.78 is 2.08. The highest BCUT2D eigenvalue weighted by Gasteiger charge is 2.20. The molecule has 1 aromatic carbocycles. The van der Waals surface area contributed by atoms with Gasteiger partial charge in [-0.05, 0) is 31.3 Å². The van der Waals surface area contributed by atoms with E-state index in [4.69, 9.17) is 12.2 Å². The first-order chi connectivity index (χ1) is 11.9. The number of carbonyl (C=O) groups excluding carboxylic acids is 1. The molecule has 0 aliphatic carbocycles. The summed E-state index contributed by atoms with van der Waals surface area (Å²) in [4.78, 5) is 37.8. The van der Waals surface area contributed by atoms with Crippen molar-refractivity contribution in [3.63, 3.8) is 0 Å². The maximum Gasteiger partial charge on any atom is 0.307 e. The van der Waals surface area contributed by atoms with Gasteiger partial charge in [-0.15, -0.1) is 0 Å². The topological polar surface area (TPSA) is 128 Å². The number of hydrogen-bond acceptors (Lipinski definition) is 6. The molecule has 1 amide bonds. The van der Waals surface area contributed by atoms with Crippen molar-refractivity contribution in [2.24, 2.45) is 0 Å². The van der Waals surface area contributed by atoms with Crippen LogP contribution in [-0.4, -0.2) is 30.3 Å². The van der Waals surface area contributed by atoms with Crippen LogP contribution in [0.1, 0.15) is 13.0 Å². The third-order valence-corrected chi connectivity index (χ3v) is 3.89. The quantitative estimate of drug-likeness (QED) is 0.412. The highest BCUT2D eigenvalue weighted by atomic mass is 32.1. The number of nitrogens with one attached hydrogen (secondary N) is 2. The molecule has 2 aromatic heterocycles. The molecule has 2 heterocycles. The van der Waals surface area contributed by atoms with Crippen LogP contribution in [-0.2, 0) is 4.79 Å². The van der Waals surface area contributed by atoms with E-state index in [1.54, 1.807) is 24.3 Å². The zero-order valence-electron chi connectivity index (χ0n) is 12.9. The van der Waals surface area contributed by atoms with E-state index in [0.717, 1.165) is 21.8 Å². The van der Waals surface area contributed by atoms with E-state index < -0.39 is 22.4 Å². The SMILES string of the molecule is C[C@@H](C(=O)Nn1c(=S)[nH]c2ccccc2c1=O)n1cc([N+](=O)[O-])cn1. The van der Waals surface area contributed by atoms with Gasteiger partial charge in [-0.25, -0.2) is 0 Å². The van der Waals surface area contributed by atoms with Crippen molar-refractivity contribution >= 4 is 34.7 Å². The van der Waals surface area contributed by atoms with Crippen molar-refractivity contribution in [1.82, 2.24) is 19.4 Å². The number of para-hydroxylation sites is 1. The van der Waals surface area contributed by atoms with E-state index in [1.807, 2.05) is 0 Å². The fourth-order valence-electron chi connectivity index (χ4n) is 2.22.